The summed E-state index contributed by atoms with van der Waals surface area (Å²) in [4.78, 5) is 36.4. The van der Waals surface area contributed by atoms with Gasteiger partial charge in [-0.25, -0.2) is 9.59 Å². The average molecular weight is 412 g/mol. The number of benzene rings is 2. The summed E-state index contributed by atoms with van der Waals surface area (Å²) >= 11 is 0. The number of ether oxygens (including phenoxy) is 4. The second-order valence-corrected chi connectivity index (χ2v) is 6.92. The quantitative estimate of drug-likeness (QED) is 0.509. The lowest BCUT2D eigenvalue weighted by molar-refractivity contribution is -0.157. The highest BCUT2D eigenvalue weighted by atomic mass is 16.7. The molecule has 1 aliphatic heterocycles. The van der Waals surface area contributed by atoms with Crippen molar-refractivity contribution in [2.75, 3.05) is 6.61 Å². The van der Waals surface area contributed by atoms with E-state index in [1.807, 2.05) is 6.92 Å². The summed E-state index contributed by atoms with van der Waals surface area (Å²) in [7, 11) is 0. The van der Waals surface area contributed by atoms with Gasteiger partial charge >= 0.3 is 17.9 Å². The molecule has 4 atom stereocenters. The fourth-order valence-electron chi connectivity index (χ4n) is 3.37. The number of hydrogen-bond donors (Lipinski definition) is 0. The van der Waals surface area contributed by atoms with Crippen molar-refractivity contribution in [3.05, 3.63) is 71.8 Å². The molecule has 1 heterocycles. The summed E-state index contributed by atoms with van der Waals surface area (Å²) < 4.78 is 22.2. The molecule has 2 aromatic carbocycles. The topological polar surface area (TPSA) is 88.1 Å². The summed E-state index contributed by atoms with van der Waals surface area (Å²) in [5.74, 6) is -1.90. The van der Waals surface area contributed by atoms with Crippen LogP contribution in [-0.2, 0) is 23.7 Å². The predicted octanol–water partition coefficient (Wildman–Crippen LogP) is 3.38. The first-order chi connectivity index (χ1) is 14.5. The molecule has 7 heteroatoms. The van der Waals surface area contributed by atoms with Gasteiger partial charge in [0.15, 0.2) is 6.10 Å². The molecule has 0 aliphatic carbocycles. The van der Waals surface area contributed by atoms with Gasteiger partial charge in [0.25, 0.3) is 0 Å². The van der Waals surface area contributed by atoms with Crippen LogP contribution in [0.25, 0.3) is 0 Å². The van der Waals surface area contributed by atoms with Gasteiger partial charge in [-0.15, -0.1) is 0 Å². The van der Waals surface area contributed by atoms with Gasteiger partial charge in [0.2, 0.25) is 6.29 Å². The van der Waals surface area contributed by atoms with Gasteiger partial charge in [0.1, 0.15) is 12.7 Å². The smallest absolute Gasteiger partial charge is 0.340 e. The Balaban J connectivity index is 1.79. The van der Waals surface area contributed by atoms with Crippen molar-refractivity contribution < 1.29 is 33.3 Å². The van der Waals surface area contributed by atoms with Crippen LogP contribution in [0.5, 0.6) is 0 Å². The van der Waals surface area contributed by atoms with E-state index in [1.165, 1.54) is 6.92 Å². The summed E-state index contributed by atoms with van der Waals surface area (Å²) in [6, 6.07) is 17.0. The second kappa shape index (κ2) is 10.0. The molecule has 0 N–H and O–H groups in total. The van der Waals surface area contributed by atoms with Gasteiger partial charge in [-0.05, 0) is 30.7 Å². The number of carbonyl (C=O) groups is 3. The lowest BCUT2D eigenvalue weighted by atomic mass is 9.95. The summed E-state index contributed by atoms with van der Waals surface area (Å²) in [6.45, 7) is 3.18. The number of carbonyl (C=O) groups excluding carboxylic acids is 3. The Morgan fingerprint density at radius 3 is 1.90 bits per heavy atom. The van der Waals surface area contributed by atoms with E-state index >= 15 is 0 Å². The lowest BCUT2D eigenvalue weighted by Crippen LogP contribution is -2.36. The number of esters is 3. The third kappa shape index (κ3) is 5.24. The van der Waals surface area contributed by atoms with E-state index in [1.54, 1.807) is 60.7 Å². The monoisotopic (exact) mass is 412 g/mol. The van der Waals surface area contributed by atoms with E-state index in [0.717, 1.165) is 0 Å². The minimum atomic E-state index is -1.11. The Labute approximate surface area is 174 Å². The molecule has 3 rings (SSSR count). The van der Waals surface area contributed by atoms with Crippen molar-refractivity contribution in [2.24, 2.45) is 5.92 Å². The highest BCUT2D eigenvalue weighted by molar-refractivity contribution is 5.90. The van der Waals surface area contributed by atoms with Crippen LogP contribution < -0.4 is 0 Å². The van der Waals surface area contributed by atoms with E-state index in [4.69, 9.17) is 18.9 Å². The van der Waals surface area contributed by atoms with Crippen LogP contribution in [0.4, 0.5) is 0 Å². The van der Waals surface area contributed by atoms with E-state index in [2.05, 4.69) is 0 Å². The zero-order chi connectivity index (χ0) is 21.5. The number of rotatable bonds is 7. The Hall–Kier alpha value is -3.19. The fourth-order valence-corrected chi connectivity index (χ4v) is 3.37. The van der Waals surface area contributed by atoms with Gasteiger partial charge in [-0.1, -0.05) is 43.3 Å². The second-order valence-electron chi connectivity index (χ2n) is 6.92. The van der Waals surface area contributed by atoms with E-state index < -0.39 is 36.4 Å². The van der Waals surface area contributed by atoms with Crippen LogP contribution in [0.2, 0.25) is 0 Å². The average Bonchev–Trinajstić information content (AvgIpc) is 3.09. The normalized spacial score (nSPS) is 22.9. The van der Waals surface area contributed by atoms with E-state index in [-0.39, 0.29) is 12.5 Å². The van der Waals surface area contributed by atoms with E-state index in [0.29, 0.717) is 17.5 Å². The third-order valence-corrected chi connectivity index (χ3v) is 4.88. The highest BCUT2D eigenvalue weighted by Crippen LogP contribution is 2.34. The Bertz CT molecular complexity index is 866. The largest absolute Gasteiger partial charge is 0.463 e. The van der Waals surface area contributed by atoms with E-state index in [9.17, 15) is 14.4 Å². The van der Waals surface area contributed by atoms with Crippen LogP contribution in [0.15, 0.2) is 60.7 Å². The minimum absolute atomic E-state index is 0.0212. The molecule has 158 valence electrons. The molecule has 1 aliphatic rings. The fraction of sp³-hybridized carbons (Fsp3) is 0.348. The summed E-state index contributed by atoms with van der Waals surface area (Å²) in [5, 5.41) is 0. The van der Waals surface area contributed by atoms with Crippen molar-refractivity contribution >= 4 is 17.9 Å². The molecule has 0 aromatic heterocycles. The van der Waals surface area contributed by atoms with Crippen LogP contribution in [0.1, 0.15) is 41.0 Å². The molecule has 1 fully saturated rings. The molecule has 0 radical (unpaired) electrons. The maximum Gasteiger partial charge on any atom is 0.340 e. The SMILES string of the molecule is CCC1C(COC(C)=O)OC(OC(=O)c2ccccc2)C1OC(=O)c1ccccc1. The van der Waals surface area contributed by atoms with Gasteiger partial charge in [0, 0.05) is 12.8 Å². The Morgan fingerprint density at radius 1 is 0.867 bits per heavy atom. The molecule has 4 unspecified atom stereocenters. The van der Waals surface area contributed by atoms with Crippen LogP contribution in [0.3, 0.4) is 0 Å². The first-order valence-corrected chi connectivity index (χ1v) is 9.80. The van der Waals surface area contributed by atoms with Crippen molar-refractivity contribution in [2.45, 2.75) is 38.8 Å². The summed E-state index contributed by atoms with van der Waals surface area (Å²) in [6.07, 6.45) is -1.95. The van der Waals surface area contributed by atoms with Crippen molar-refractivity contribution in [3.63, 3.8) is 0 Å². The third-order valence-electron chi connectivity index (χ3n) is 4.88. The highest BCUT2D eigenvalue weighted by Gasteiger charge is 2.48. The number of hydrogen-bond acceptors (Lipinski definition) is 7. The summed E-state index contributed by atoms with van der Waals surface area (Å²) in [5.41, 5.74) is 0.731. The molecule has 0 saturated carbocycles. The molecule has 0 amide bonds. The molecule has 1 saturated heterocycles. The van der Waals surface area contributed by atoms with Crippen LogP contribution in [-0.4, -0.2) is 43.0 Å². The Kier molecular flexibility index (Phi) is 7.19. The maximum atomic E-state index is 12.6. The van der Waals surface area contributed by atoms with Crippen molar-refractivity contribution in [3.8, 4) is 0 Å². The molecule has 0 bridgehead atoms. The Morgan fingerprint density at radius 2 is 1.40 bits per heavy atom. The van der Waals surface area contributed by atoms with Crippen LogP contribution >= 0.6 is 0 Å². The molecule has 7 nitrogen and oxygen atoms in total. The first-order valence-electron chi connectivity index (χ1n) is 9.80. The van der Waals surface area contributed by atoms with Crippen molar-refractivity contribution in [1.82, 2.24) is 0 Å². The molecular formula is C23H24O7. The zero-order valence-electron chi connectivity index (χ0n) is 16.9. The maximum absolute atomic E-state index is 12.6. The molecule has 2 aromatic rings. The van der Waals surface area contributed by atoms with Gasteiger partial charge in [-0.2, -0.15) is 0 Å². The molecular weight excluding hydrogens is 388 g/mol. The molecule has 0 spiro atoms. The lowest BCUT2D eigenvalue weighted by Gasteiger charge is -2.23. The van der Waals surface area contributed by atoms with Gasteiger partial charge < -0.3 is 18.9 Å². The minimum Gasteiger partial charge on any atom is -0.463 e. The van der Waals surface area contributed by atoms with Crippen LogP contribution in [0, 0.1) is 5.92 Å². The van der Waals surface area contributed by atoms with Gasteiger partial charge in [0.05, 0.1) is 11.1 Å². The standard InChI is InChI=1S/C23H24O7/c1-3-18-19(14-27-15(2)24)28-23(30-22(26)17-12-8-5-9-13-17)20(18)29-21(25)16-10-6-4-7-11-16/h4-13,18-20,23H,3,14H2,1-2H3. The van der Waals surface area contributed by atoms with Crippen molar-refractivity contribution in [1.29, 1.82) is 0 Å². The first kappa shape index (κ1) is 21.5. The van der Waals surface area contributed by atoms with Gasteiger partial charge in [-0.3, -0.25) is 4.79 Å². The predicted molar refractivity (Wildman–Crippen MR) is 107 cm³/mol. The molecule has 30 heavy (non-hydrogen) atoms. The zero-order valence-corrected chi connectivity index (χ0v) is 16.9.